The first kappa shape index (κ1) is 10.1. The fourth-order valence-corrected chi connectivity index (χ4v) is 2.84. The van der Waals surface area contributed by atoms with Gasteiger partial charge in [-0.15, -0.1) is 28.0 Å². The lowest BCUT2D eigenvalue weighted by Crippen LogP contribution is -2.29. The summed E-state index contributed by atoms with van der Waals surface area (Å²) >= 11 is 7.45. The summed E-state index contributed by atoms with van der Waals surface area (Å²) in [5.74, 6) is 0.748. The number of rotatable bonds is 2. The summed E-state index contributed by atoms with van der Waals surface area (Å²) in [5.41, 5.74) is 1.36. The predicted molar refractivity (Wildman–Crippen MR) is 62.9 cm³/mol. The third-order valence-corrected chi connectivity index (χ3v) is 3.90. The van der Waals surface area contributed by atoms with Crippen LogP contribution in [0.2, 0.25) is 0 Å². The van der Waals surface area contributed by atoms with Crippen LogP contribution in [0, 0.1) is 0 Å². The zero-order chi connectivity index (χ0) is 11.0. The summed E-state index contributed by atoms with van der Waals surface area (Å²) in [7, 11) is 0. The normalized spacial score (nSPS) is 15.2. The third-order valence-electron chi connectivity index (χ3n) is 2.65. The van der Waals surface area contributed by atoms with E-state index in [1.807, 2.05) is 11.3 Å². The van der Waals surface area contributed by atoms with Crippen LogP contribution < -0.4 is 4.90 Å². The highest BCUT2D eigenvalue weighted by Crippen LogP contribution is 2.27. The second-order valence-corrected chi connectivity index (χ2v) is 4.92. The van der Waals surface area contributed by atoms with Crippen molar-refractivity contribution < 1.29 is 4.42 Å². The van der Waals surface area contributed by atoms with Crippen LogP contribution in [-0.2, 0) is 18.8 Å². The Bertz CT molecular complexity index is 496. The van der Waals surface area contributed by atoms with Gasteiger partial charge in [-0.3, -0.25) is 0 Å². The van der Waals surface area contributed by atoms with Gasteiger partial charge in [0.1, 0.15) is 5.88 Å². The van der Waals surface area contributed by atoms with Crippen LogP contribution in [0.3, 0.4) is 0 Å². The SMILES string of the molecule is ClCc1nnc(N2CCc3sccc3C2)o1. The second-order valence-electron chi connectivity index (χ2n) is 3.65. The third kappa shape index (κ3) is 1.70. The van der Waals surface area contributed by atoms with Crippen LogP contribution in [0.5, 0.6) is 0 Å². The highest BCUT2D eigenvalue weighted by molar-refractivity contribution is 7.10. The average Bonchev–Trinajstić information content (AvgIpc) is 2.96. The van der Waals surface area contributed by atoms with E-state index >= 15 is 0 Å². The van der Waals surface area contributed by atoms with Gasteiger partial charge in [-0.1, -0.05) is 5.10 Å². The van der Waals surface area contributed by atoms with Gasteiger partial charge in [0.2, 0.25) is 5.89 Å². The van der Waals surface area contributed by atoms with Gasteiger partial charge in [-0.2, -0.15) is 0 Å². The largest absolute Gasteiger partial charge is 0.407 e. The van der Waals surface area contributed by atoms with Crippen molar-refractivity contribution in [1.82, 2.24) is 10.2 Å². The first-order valence-corrected chi connectivity index (χ1v) is 6.47. The van der Waals surface area contributed by atoms with E-state index in [9.17, 15) is 0 Å². The fraction of sp³-hybridized carbons (Fsp3) is 0.400. The zero-order valence-corrected chi connectivity index (χ0v) is 10.1. The molecule has 0 unspecified atom stereocenters. The van der Waals surface area contributed by atoms with Crippen LogP contribution in [0.1, 0.15) is 16.3 Å². The highest BCUT2D eigenvalue weighted by atomic mass is 35.5. The smallest absolute Gasteiger partial charge is 0.318 e. The first-order chi connectivity index (χ1) is 7.86. The molecule has 0 saturated carbocycles. The molecule has 2 aromatic heterocycles. The van der Waals surface area contributed by atoms with E-state index in [1.54, 1.807) is 0 Å². The Kier molecular flexibility index (Phi) is 2.57. The molecule has 84 valence electrons. The molecule has 0 amide bonds. The van der Waals surface area contributed by atoms with Gasteiger partial charge >= 0.3 is 6.01 Å². The van der Waals surface area contributed by atoms with Crippen LogP contribution in [0.25, 0.3) is 0 Å². The number of thiophene rings is 1. The average molecular weight is 256 g/mol. The van der Waals surface area contributed by atoms with Gasteiger partial charge in [-0.25, -0.2) is 0 Å². The minimum atomic E-state index is 0.268. The van der Waals surface area contributed by atoms with Gasteiger partial charge in [0, 0.05) is 18.0 Å². The molecular weight excluding hydrogens is 246 g/mol. The minimum absolute atomic E-state index is 0.268. The second kappa shape index (κ2) is 4.07. The molecule has 4 nitrogen and oxygen atoms in total. The lowest BCUT2D eigenvalue weighted by Gasteiger charge is -2.24. The van der Waals surface area contributed by atoms with Crippen LogP contribution in [0.15, 0.2) is 15.9 Å². The Hall–Kier alpha value is -1.07. The van der Waals surface area contributed by atoms with Gasteiger partial charge in [-0.05, 0) is 23.4 Å². The summed E-state index contributed by atoms with van der Waals surface area (Å²) in [6.45, 7) is 1.78. The zero-order valence-electron chi connectivity index (χ0n) is 8.52. The quantitative estimate of drug-likeness (QED) is 0.773. The Labute approximate surface area is 102 Å². The van der Waals surface area contributed by atoms with Crippen molar-refractivity contribution in [1.29, 1.82) is 0 Å². The monoisotopic (exact) mass is 255 g/mol. The standard InChI is InChI=1S/C10H10ClN3OS/c11-5-9-12-13-10(15-9)14-3-1-8-7(6-14)2-4-16-8/h2,4H,1,3,5-6H2. The fourth-order valence-electron chi connectivity index (χ4n) is 1.84. The van der Waals surface area contributed by atoms with E-state index in [0.717, 1.165) is 19.5 Å². The van der Waals surface area contributed by atoms with Crippen molar-refractivity contribution in [3.05, 3.63) is 27.8 Å². The molecule has 0 fully saturated rings. The maximum absolute atomic E-state index is 5.63. The molecule has 6 heteroatoms. The van der Waals surface area contributed by atoms with Crippen molar-refractivity contribution in [2.45, 2.75) is 18.8 Å². The van der Waals surface area contributed by atoms with E-state index in [-0.39, 0.29) is 5.88 Å². The van der Waals surface area contributed by atoms with Crippen LogP contribution in [-0.4, -0.2) is 16.7 Å². The Balaban J connectivity index is 1.83. The predicted octanol–water partition coefficient (Wildman–Crippen LogP) is 2.43. The first-order valence-electron chi connectivity index (χ1n) is 5.05. The molecule has 0 radical (unpaired) electrons. The summed E-state index contributed by atoms with van der Waals surface area (Å²) < 4.78 is 5.44. The van der Waals surface area contributed by atoms with Crippen molar-refractivity contribution in [3.63, 3.8) is 0 Å². The summed E-state index contributed by atoms with van der Waals surface area (Å²) in [6.07, 6.45) is 1.05. The molecule has 0 aromatic carbocycles. The van der Waals surface area contributed by atoms with E-state index in [1.165, 1.54) is 10.4 Å². The van der Waals surface area contributed by atoms with Gasteiger partial charge in [0.25, 0.3) is 0 Å². The summed E-state index contributed by atoms with van der Waals surface area (Å²) in [5, 5.41) is 9.99. The van der Waals surface area contributed by atoms with Gasteiger partial charge < -0.3 is 9.32 Å². The Morgan fingerprint density at radius 2 is 2.44 bits per heavy atom. The topological polar surface area (TPSA) is 42.2 Å². The molecule has 1 aliphatic rings. The minimum Gasteiger partial charge on any atom is -0.407 e. The van der Waals surface area contributed by atoms with Gasteiger partial charge in [0.15, 0.2) is 0 Å². The Morgan fingerprint density at radius 1 is 1.50 bits per heavy atom. The van der Waals surface area contributed by atoms with Crippen LogP contribution >= 0.6 is 22.9 Å². The number of halogens is 1. The molecule has 0 spiro atoms. The van der Waals surface area contributed by atoms with E-state index in [2.05, 4.69) is 26.5 Å². The molecule has 0 N–H and O–H groups in total. The number of anilines is 1. The number of nitrogens with zero attached hydrogens (tertiary/aromatic N) is 3. The Morgan fingerprint density at radius 3 is 3.25 bits per heavy atom. The molecule has 0 bridgehead atoms. The van der Waals surface area contributed by atoms with Crippen molar-refractivity contribution in [2.75, 3.05) is 11.4 Å². The summed E-state index contributed by atoms with van der Waals surface area (Å²) in [4.78, 5) is 3.56. The number of fused-ring (bicyclic) bond motifs is 1. The molecule has 0 saturated heterocycles. The molecule has 0 atom stereocenters. The number of aromatic nitrogens is 2. The highest BCUT2D eigenvalue weighted by Gasteiger charge is 2.21. The summed E-state index contributed by atoms with van der Waals surface area (Å²) in [6, 6.07) is 2.73. The number of hydrogen-bond acceptors (Lipinski definition) is 5. The molecule has 0 aliphatic carbocycles. The van der Waals surface area contributed by atoms with Crippen molar-refractivity contribution in [2.24, 2.45) is 0 Å². The maximum atomic E-state index is 5.63. The molecule has 3 heterocycles. The number of alkyl halides is 1. The molecule has 3 rings (SSSR count). The maximum Gasteiger partial charge on any atom is 0.318 e. The van der Waals surface area contributed by atoms with E-state index < -0.39 is 0 Å². The van der Waals surface area contributed by atoms with E-state index in [0.29, 0.717) is 11.9 Å². The van der Waals surface area contributed by atoms with Gasteiger partial charge in [0.05, 0.1) is 0 Å². The molecule has 2 aromatic rings. The van der Waals surface area contributed by atoms with Crippen molar-refractivity contribution >= 4 is 29.0 Å². The molecule has 16 heavy (non-hydrogen) atoms. The molecular formula is C10H10ClN3OS. The lowest BCUT2D eigenvalue weighted by molar-refractivity contribution is 0.493. The van der Waals surface area contributed by atoms with Crippen molar-refractivity contribution in [3.8, 4) is 0 Å². The molecule has 1 aliphatic heterocycles. The van der Waals surface area contributed by atoms with Crippen LogP contribution in [0.4, 0.5) is 6.01 Å². The number of hydrogen-bond donors (Lipinski definition) is 0. The van der Waals surface area contributed by atoms with E-state index in [4.69, 9.17) is 16.0 Å². The lowest BCUT2D eigenvalue weighted by atomic mass is 10.1.